The Balaban J connectivity index is 1.89. The number of carbonyl (C=O) groups is 3. The van der Waals surface area contributed by atoms with Gasteiger partial charge in [0.15, 0.2) is 6.10 Å². The average molecular weight is 345 g/mol. The molecule has 0 bridgehead atoms. The summed E-state index contributed by atoms with van der Waals surface area (Å²) >= 11 is 0. The number of hydrogen-bond acceptors (Lipinski definition) is 5. The first-order valence-electron chi connectivity index (χ1n) is 8.45. The first-order chi connectivity index (χ1) is 12.0. The Kier molecular flexibility index (Phi) is 6.74. The molecule has 6 heteroatoms. The van der Waals surface area contributed by atoms with Crippen molar-refractivity contribution in [3.8, 4) is 0 Å². The van der Waals surface area contributed by atoms with Crippen molar-refractivity contribution < 1.29 is 23.9 Å². The minimum Gasteiger partial charge on any atom is -0.463 e. The summed E-state index contributed by atoms with van der Waals surface area (Å²) < 4.78 is 9.69. The largest absolute Gasteiger partial charge is 0.463 e. The van der Waals surface area contributed by atoms with E-state index < -0.39 is 18.0 Å². The Hall–Kier alpha value is -2.63. The zero-order valence-electron chi connectivity index (χ0n) is 14.5. The molecule has 1 aromatic rings. The van der Waals surface area contributed by atoms with Gasteiger partial charge in [0.2, 0.25) is 0 Å². The predicted molar refractivity (Wildman–Crippen MR) is 91.6 cm³/mol. The molecule has 134 valence electrons. The second kappa shape index (κ2) is 9.01. The predicted octanol–water partition coefficient (Wildman–Crippen LogP) is 2.23. The number of hydrogen-bond donors (Lipinski definition) is 1. The number of esters is 2. The number of nitrogens with one attached hydrogen (secondary N) is 1. The second-order valence-corrected chi connectivity index (χ2v) is 5.82. The Morgan fingerprint density at radius 1 is 1.24 bits per heavy atom. The monoisotopic (exact) mass is 345 g/mol. The van der Waals surface area contributed by atoms with Gasteiger partial charge >= 0.3 is 11.9 Å². The number of fused-ring (bicyclic) bond motifs is 1. The van der Waals surface area contributed by atoms with Crippen molar-refractivity contribution >= 4 is 17.8 Å². The molecule has 0 fully saturated rings. The van der Waals surface area contributed by atoms with Crippen molar-refractivity contribution in [3.63, 3.8) is 0 Å². The molecule has 0 saturated heterocycles. The lowest BCUT2D eigenvalue weighted by molar-refractivity contribution is -0.150. The second-order valence-electron chi connectivity index (χ2n) is 5.82. The molecule has 1 aliphatic carbocycles. The molecule has 2 unspecified atom stereocenters. The van der Waals surface area contributed by atoms with Gasteiger partial charge in [-0.15, -0.1) is 0 Å². The van der Waals surface area contributed by atoms with Gasteiger partial charge in [-0.25, -0.2) is 9.59 Å². The molecule has 25 heavy (non-hydrogen) atoms. The molecule has 0 saturated carbocycles. The quantitative estimate of drug-likeness (QED) is 0.631. The van der Waals surface area contributed by atoms with Crippen LogP contribution in [-0.4, -0.2) is 30.6 Å². The highest BCUT2D eigenvalue weighted by atomic mass is 16.5. The third-order valence-corrected chi connectivity index (χ3v) is 3.99. The third-order valence-electron chi connectivity index (χ3n) is 3.99. The molecule has 0 aromatic heterocycles. The number of benzene rings is 1. The van der Waals surface area contributed by atoms with E-state index in [1.807, 2.05) is 18.2 Å². The lowest BCUT2D eigenvalue weighted by Crippen LogP contribution is -2.39. The maximum atomic E-state index is 12.3. The minimum absolute atomic E-state index is 0.0753. The maximum absolute atomic E-state index is 12.3. The van der Waals surface area contributed by atoms with Crippen LogP contribution in [0.25, 0.3) is 0 Å². The smallest absolute Gasteiger partial charge is 0.331 e. The molecular weight excluding hydrogens is 322 g/mol. The average Bonchev–Trinajstić information content (AvgIpc) is 2.60. The van der Waals surface area contributed by atoms with Crippen LogP contribution >= 0.6 is 0 Å². The summed E-state index contributed by atoms with van der Waals surface area (Å²) in [6, 6.07) is 7.94. The highest BCUT2D eigenvalue weighted by molar-refractivity contribution is 5.93. The van der Waals surface area contributed by atoms with Gasteiger partial charge in [0, 0.05) is 12.2 Å². The lowest BCUT2D eigenvalue weighted by atomic mass is 9.87. The van der Waals surface area contributed by atoms with E-state index in [0.29, 0.717) is 0 Å². The van der Waals surface area contributed by atoms with Crippen molar-refractivity contribution in [2.45, 2.75) is 45.3 Å². The molecule has 6 nitrogen and oxygen atoms in total. The van der Waals surface area contributed by atoms with Crippen molar-refractivity contribution in [1.29, 1.82) is 0 Å². The molecule has 1 amide bonds. The summed E-state index contributed by atoms with van der Waals surface area (Å²) in [5, 5.41) is 2.93. The van der Waals surface area contributed by atoms with E-state index in [-0.39, 0.29) is 18.6 Å². The standard InChI is InChI=1S/C19H23NO5/c1-3-24-17(21)11-12-18(22)25-13(2)19(23)20-16-10-6-8-14-7-4-5-9-15(14)16/h4-5,7,9,11-13,16H,3,6,8,10H2,1-2H3,(H,20,23)/b12-11+. The molecule has 2 atom stereocenters. The molecule has 2 rings (SSSR count). The number of rotatable bonds is 6. The number of amides is 1. The van der Waals surface area contributed by atoms with Crippen molar-refractivity contribution in [1.82, 2.24) is 5.32 Å². The summed E-state index contributed by atoms with van der Waals surface area (Å²) in [4.78, 5) is 35.1. The summed E-state index contributed by atoms with van der Waals surface area (Å²) in [6.07, 6.45) is 3.84. The van der Waals surface area contributed by atoms with Crippen LogP contribution in [0, 0.1) is 0 Å². The topological polar surface area (TPSA) is 81.7 Å². The Bertz CT molecular complexity index is 668. The van der Waals surface area contributed by atoms with E-state index in [4.69, 9.17) is 4.74 Å². The van der Waals surface area contributed by atoms with Crippen LogP contribution < -0.4 is 5.32 Å². The Morgan fingerprint density at radius 2 is 1.96 bits per heavy atom. The summed E-state index contributed by atoms with van der Waals surface area (Å²) in [6.45, 7) is 3.39. The highest BCUT2D eigenvalue weighted by Crippen LogP contribution is 2.29. The van der Waals surface area contributed by atoms with E-state index in [1.54, 1.807) is 6.92 Å². The fraction of sp³-hybridized carbons (Fsp3) is 0.421. The van der Waals surface area contributed by atoms with Gasteiger partial charge < -0.3 is 14.8 Å². The van der Waals surface area contributed by atoms with E-state index in [9.17, 15) is 14.4 Å². The third kappa shape index (κ3) is 5.45. The van der Waals surface area contributed by atoms with Gasteiger partial charge in [-0.1, -0.05) is 24.3 Å². The summed E-state index contributed by atoms with van der Waals surface area (Å²) in [5.74, 6) is -1.75. The van der Waals surface area contributed by atoms with Crippen LogP contribution in [0.4, 0.5) is 0 Å². The molecular formula is C19H23NO5. The first-order valence-corrected chi connectivity index (χ1v) is 8.45. The fourth-order valence-corrected chi connectivity index (χ4v) is 2.79. The number of aryl methyl sites for hydroxylation is 1. The SMILES string of the molecule is CCOC(=O)/C=C/C(=O)OC(C)C(=O)NC1CCCc2ccccc21. The lowest BCUT2D eigenvalue weighted by Gasteiger charge is -2.27. The zero-order chi connectivity index (χ0) is 18.2. The van der Waals surface area contributed by atoms with E-state index >= 15 is 0 Å². The van der Waals surface area contributed by atoms with Gasteiger partial charge in [0.1, 0.15) is 0 Å². The normalized spacial score (nSPS) is 17.4. The van der Waals surface area contributed by atoms with Crippen LogP contribution in [0.3, 0.4) is 0 Å². The van der Waals surface area contributed by atoms with Gasteiger partial charge in [-0.05, 0) is 44.2 Å². The van der Waals surface area contributed by atoms with Crippen LogP contribution in [0.5, 0.6) is 0 Å². The Morgan fingerprint density at radius 3 is 2.72 bits per heavy atom. The van der Waals surface area contributed by atoms with Gasteiger partial charge in [0.25, 0.3) is 5.91 Å². The van der Waals surface area contributed by atoms with Crippen LogP contribution in [-0.2, 0) is 30.3 Å². The van der Waals surface area contributed by atoms with Gasteiger partial charge in [-0.2, -0.15) is 0 Å². The van der Waals surface area contributed by atoms with Crippen LogP contribution in [0.1, 0.15) is 43.9 Å². The molecule has 0 radical (unpaired) electrons. The van der Waals surface area contributed by atoms with E-state index in [0.717, 1.165) is 37.0 Å². The molecule has 1 aliphatic rings. The first kappa shape index (κ1) is 18.7. The maximum Gasteiger partial charge on any atom is 0.331 e. The van der Waals surface area contributed by atoms with Crippen molar-refractivity contribution in [3.05, 3.63) is 47.5 Å². The van der Waals surface area contributed by atoms with Crippen molar-refractivity contribution in [2.24, 2.45) is 0 Å². The fourth-order valence-electron chi connectivity index (χ4n) is 2.79. The number of ether oxygens (including phenoxy) is 2. The van der Waals surface area contributed by atoms with E-state index in [1.165, 1.54) is 12.5 Å². The minimum atomic E-state index is -0.951. The van der Waals surface area contributed by atoms with Crippen LogP contribution in [0.2, 0.25) is 0 Å². The molecule has 0 aliphatic heterocycles. The number of carbonyl (C=O) groups excluding carboxylic acids is 3. The summed E-state index contributed by atoms with van der Waals surface area (Å²) in [7, 11) is 0. The summed E-state index contributed by atoms with van der Waals surface area (Å²) in [5.41, 5.74) is 2.35. The van der Waals surface area contributed by atoms with Crippen molar-refractivity contribution in [2.75, 3.05) is 6.61 Å². The molecule has 0 heterocycles. The molecule has 1 N–H and O–H groups in total. The van der Waals surface area contributed by atoms with Gasteiger partial charge in [-0.3, -0.25) is 4.79 Å². The van der Waals surface area contributed by atoms with E-state index in [2.05, 4.69) is 16.1 Å². The molecule has 0 spiro atoms. The highest BCUT2D eigenvalue weighted by Gasteiger charge is 2.24. The molecule has 1 aromatic carbocycles. The zero-order valence-corrected chi connectivity index (χ0v) is 14.5. The Labute approximate surface area is 147 Å². The van der Waals surface area contributed by atoms with Gasteiger partial charge in [0.05, 0.1) is 12.6 Å². The van der Waals surface area contributed by atoms with Crippen LogP contribution in [0.15, 0.2) is 36.4 Å².